The molecule has 0 unspecified atom stereocenters. The Kier molecular flexibility index (Phi) is 4.93. The molecular formula is C15H15BrFNO. The molecule has 2 aromatic carbocycles. The van der Waals surface area contributed by atoms with E-state index in [0.717, 1.165) is 27.9 Å². The first-order chi connectivity index (χ1) is 9.20. The van der Waals surface area contributed by atoms with E-state index in [2.05, 4.69) is 21.2 Å². The van der Waals surface area contributed by atoms with Crippen molar-refractivity contribution in [3.8, 4) is 5.75 Å². The fraction of sp³-hybridized carbons (Fsp3) is 0.200. The van der Waals surface area contributed by atoms with Crippen molar-refractivity contribution in [2.45, 2.75) is 13.2 Å². The van der Waals surface area contributed by atoms with E-state index in [1.807, 2.05) is 31.3 Å². The predicted molar refractivity (Wildman–Crippen MR) is 77.6 cm³/mol. The third-order valence-corrected chi connectivity index (χ3v) is 3.50. The van der Waals surface area contributed by atoms with Gasteiger partial charge in [0, 0.05) is 22.1 Å². The molecule has 0 aromatic heterocycles. The van der Waals surface area contributed by atoms with E-state index in [9.17, 15) is 4.39 Å². The van der Waals surface area contributed by atoms with Gasteiger partial charge >= 0.3 is 0 Å². The summed E-state index contributed by atoms with van der Waals surface area (Å²) >= 11 is 3.39. The first kappa shape index (κ1) is 14.0. The summed E-state index contributed by atoms with van der Waals surface area (Å²) in [4.78, 5) is 0. The van der Waals surface area contributed by atoms with E-state index in [1.54, 1.807) is 6.07 Å². The van der Waals surface area contributed by atoms with Crippen molar-refractivity contribution in [1.82, 2.24) is 5.32 Å². The summed E-state index contributed by atoms with van der Waals surface area (Å²) in [6.07, 6.45) is 0. The molecule has 0 aliphatic heterocycles. The van der Waals surface area contributed by atoms with Gasteiger partial charge in [0.25, 0.3) is 0 Å². The second-order valence-electron chi connectivity index (χ2n) is 4.16. The van der Waals surface area contributed by atoms with Crippen LogP contribution in [-0.2, 0) is 13.2 Å². The Morgan fingerprint density at radius 2 is 1.95 bits per heavy atom. The fourth-order valence-electron chi connectivity index (χ4n) is 1.79. The highest BCUT2D eigenvalue weighted by Crippen LogP contribution is 2.22. The van der Waals surface area contributed by atoms with Gasteiger partial charge in [-0.15, -0.1) is 0 Å². The number of hydrogen-bond acceptors (Lipinski definition) is 2. The molecule has 0 aliphatic rings. The molecule has 0 aliphatic carbocycles. The summed E-state index contributed by atoms with van der Waals surface area (Å²) in [7, 11) is 1.89. The average Bonchev–Trinajstić information content (AvgIpc) is 2.42. The molecule has 2 nitrogen and oxygen atoms in total. The van der Waals surface area contributed by atoms with Gasteiger partial charge in [-0.2, -0.15) is 0 Å². The van der Waals surface area contributed by atoms with Crippen LogP contribution in [0, 0.1) is 5.82 Å². The molecule has 0 radical (unpaired) electrons. The van der Waals surface area contributed by atoms with E-state index in [4.69, 9.17) is 4.74 Å². The highest BCUT2D eigenvalue weighted by Gasteiger charge is 2.05. The van der Waals surface area contributed by atoms with Crippen molar-refractivity contribution in [3.63, 3.8) is 0 Å². The Bertz CT molecular complexity index is 560. The zero-order chi connectivity index (χ0) is 13.7. The van der Waals surface area contributed by atoms with Crippen LogP contribution in [0.2, 0.25) is 0 Å². The van der Waals surface area contributed by atoms with Crippen LogP contribution < -0.4 is 10.1 Å². The second-order valence-corrected chi connectivity index (χ2v) is 5.02. The molecule has 0 saturated carbocycles. The topological polar surface area (TPSA) is 21.3 Å². The van der Waals surface area contributed by atoms with Crippen LogP contribution in [0.3, 0.4) is 0 Å². The first-order valence-electron chi connectivity index (χ1n) is 6.00. The van der Waals surface area contributed by atoms with Crippen LogP contribution in [0.5, 0.6) is 5.75 Å². The van der Waals surface area contributed by atoms with Crippen LogP contribution in [0.4, 0.5) is 4.39 Å². The number of hydrogen-bond donors (Lipinski definition) is 1. The van der Waals surface area contributed by atoms with Crippen molar-refractivity contribution in [3.05, 3.63) is 63.9 Å². The van der Waals surface area contributed by atoms with E-state index in [1.165, 1.54) is 12.1 Å². The number of para-hydroxylation sites is 1. The summed E-state index contributed by atoms with van der Waals surface area (Å²) in [5.41, 5.74) is 1.87. The number of rotatable bonds is 5. The molecule has 0 amide bonds. The second kappa shape index (κ2) is 6.68. The molecule has 1 N–H and O–H groups in total. The van der Waals surface area contributed by atoms with Crippen LogP contribution >= 0.6 is 15.9 Å². The van der Waals surface area contributed by atoms with E-state index >= 15 is 0 Å². The Morgan fingerprint density at radius 1 is 1.16 bits per heavy atom. The molecule has 0 atom stereocenters. The van der Waals surface area contributed by atoms with Crippen molar-refractivity contribution in [2.75, 3.05) is 7.05 Å². The zero-order valence-corrected chi connectivity index (χ0v) is 12.2. The summed E-state index contributed by atoms with van der Waals surface area (Å²) < 4.78 is 19.8. The average molecular weight is 324 g/mol. The van der Waals surface area contributed by atoms with Crippen LogP contribution in [0.1, 0.15) is 11.1 Å². The van der Waals surface area contributed by atoms with Crippen molar-refractivity contribution in [2.24, 2.45) is 0 Å². The van der Waals surface area contributed by atoms with Gasteiger partial charge in [-0.05, 0) is 31.3 Å². The Hall–Kier alpha value is -1.39. The van der Waals surface area contributed by atoms with Crippen LogP contribution in [0.25, 0.3) is 0 Å². The van der Waals surface area contributed by atoms with Gasteiger partial charge in [0.2, 0.25) is 0 Å². The monoisotopic (exact) mass is 323 g/mol. The van der Waals surface area contributed by atoms with Gasteiger partial charge < -0.3 is 10.1 Å². The van der Waals surface area contributed by atoms with Gasteiger partial charge in [-0.3, -0.25) is 0 Å². The summed E-state index contributed by atoms with van der Waals surface area (Å²) in [5.74, 6) is 0.554. The lowest BCUT2D eigenvalue weighted by atomic mass is 10.2. The minimum Gasteiger partial charge on any atom is -0.489 e. The van der Waals surface area contributed by atoms with E-state index in [-0.39, 0.29) is 5.82 Å². The molecule has 0 heterocycles. The SMILES string of the molecule is CNCc1ccccc1OCc1cc(F)ccc1Br. The van der Waals surface area contributed by atoms with Crippen molar-refractivity contribution >= 4 is 15.9 Å². The van der Waals surface area contributed by atoms with E-state index in [0.29, 0.717) is 6.61 Å². The molecule has 0 saturated heterocycles. The fourth-order valence-corrected chi connectivity index (χ4v) is 2.15. The highest BCUT2D eigenvalue weighted by molar-refractivity contribution is 9.10. The Labute approximate surface area is 120 Å². The lowest BCUT2D eigenvalue weighted by molar-refractivity contribution is 0.301. The normalized spacial score (nSPS) is 10.5. The molecule has 0 bridgehead atoms. The lowest BCUT2D eigenvalue weighted by Gasteiger charge is -2.12. The molecule has 0 fully saturated rings. The first-order valence-corrected chi connectivity index (χ1v) is 6.79. The molecule has 100 valence electrons. The Balaban J connectivity index is 2.12. The molecule has 2 rings (SSSR count). The standard InChI is InChI=1S/C15H15BrFNO/c1-18-9-11-4-2-3-5-15(11)19-10-12-8-13(17)6-7-14(12)16/h2-8,18H,9-10H2,1H3. The van der Waals surface area contributed by atoms with Crippen LogP contribution in [0.15, 0.2) is 46.9 Å². The minimum absolute atomic E-state index is 0.259. The highest BCUT2D eigenvalue weighted by atomic mass is 79.9. The van der Waals surface area contributed by atoms with Gasteiger partial charge in [0.1, 0.15) is 18.2 Å². The lowest BCUT2D eigenvalue weighted by Crippen LogP contribution is -2.07. The van der Waals surface area contributed by atoms with E-state index < -0.39 is 0 Å². The predicted octanol–water partition coefficient (Wildman–Crippen LogP) is 3.89. The largest absolute Gasteiger partial charge is 0.489 e. The van der Waals surface area contributed by atoms with Crippen LogP contribution in [-0.4, -0.2) is 7.05 Å². The van der Waals surface area contributed by atoms with Crippen molar-refractivity contribution < 1.29 is 9.13 Å². The van der Waals surface area contributed by atoms with Gasteiger partial charge in [-0.25, -0.2) is 4.39 Å². The van der Waals surface area contributed by atoms with Crippen molar-refractivity contribution in [1.29, 1.82) is 0 Å². The molecule has 2 aromatic rings. The molecule has 19 heavy (non-hydrogen) atoms. The third-order valence-electron chi connectivity index (χ3n) is 2.73. The number of nitrogens with one attached hydrogen (secondary N) is 1. The van der Waals surface area contributed by atoms with Gasteiger partial charge in [0.15, 0.2) is 0 Å². The maximum absolute atomic E-state index is 13.2. The maximum Gasteiger partial charge on any atom is 0.124 e. The number of halogens is 2. The summed E-state index contributed by atoms with van der Waals surface area (Å²) in [5, 5.41) is 3.09. The minimum atomic E-state index is -0.259. The van der Waals surface area contributed by atoms with Gasteiger partial charge in [-0.1, -0.05) is 34.1 Å². The maximum atomic E-state index is 13.2. The summed E-state index contributed by atoms with van der Waals surface area (Å²) in [6.45, 7) is 1.07. The third kappa shape index (κ3) is 3.78. The number of ether oxygens (including phenoxy) is 1. The smallest absolute Gasteiger partial charge is 0.124 e. The Morgan fingerprint density at radius 3 is 2.74 bits per heavy atom. The number of benzene rings is 2. The zero-order valence-electron chi connectivity index (χ0n) is 10.6. The quantitative estimate of drug-likeness (QED) is 0.901. The molecule has 4 heteroatoms. The van der Waals surface area contributed by atoms with Gasteiger partial charge in [0.05, 0.1) is 0 Å². The molecule has 0 spiro atoms. The molecular weight excluding hydrogens is 309 g/mol. The summed E-state index contributed by atoms with van der Waals surface area (Å²) in [6, 6.07) is 12.4.